The van der Waals surface area contributed by atoms with E-state index in [1.54, 1.807) is 17.0 Å². The first-order valence-corrected chi connectivity index (χ1v) is 4.28. The van der Waals surface area contributed by atoms with Crippen LogP contribution in [0.2, 0.25) is 0 Å². The lowest BCUT2D eigenvalue weighted by Crippen LogP contribution is -2.44. The van der Waals surface area contributed by atoms with E-state index >= 15 is 0 Å². The van der Waals surface area contributed by atoms with Gasteiger partial charge >= 0.3 is 0 Å². The van der Waals surface area contributed by atoms with Gasteiger partial charge in [0.15, 0.2) is 0 Å². The summed E-state index contributed by atoms with van der Waals surface area (Å²) in [6.07, 6.45) is 4.68. The predicted octanol–water partition coefficient (Wildman–Crippen LogP) is 0.280. The molecule has 0 bridgehead atoms. The van der Waals surface area contributed by atoms with Crippen molar-refractivity contribution in [2.45, 2.75) is 13.5 Å². The largest absolute Gasteiger partial charge is 0.380 e. The lowest BCUT2D eigenvalue weighted by atomic mass is 9.88. The van der Waals surface area contributed by atoms with Crippen LogP contribution in [-0.2, 0) is 11.3 Å². The predicted molar refractivity (Wildman–Crippen MR) is 47.4 cm³/mol. The van der Waals surface area contributed by atoms with Gasteiger partial charge < -0.3 is 9.30 Å². The van der Waals surface area contributed by atoms with E-state index in [9.17, 15) is 4.79 Å². The van der Waals surface area contributed by atoms with Gasteiger partial charge in [-0.05, 0) is 0 Å². The van der Waals surface area contributed by atoms with Crippen molar-refractivity contribution < 1.29 is 4.74 Å². The molecule has 4 nitrogen and oxygen atoms in total. The Labute approximate surface area is 76.2 Å². The van der Waals surface area contributed by atoms with Crippen LogP contribution in [0, 0.1) is 5.41 Å². The van der Waals surface area contributed by atoms with Crippen LogP contribution >= 0.6 is 0 Å². The maximum absolute atomic E-state index is 11.3. The highest BCUT2D eigenvalue weighted by Gasteiger charge is 2.33. The molecule has 1 aliphatic rings. The molecule has 13 heavy (non-hydrogen) atoms. The van der Waals surface area contributed by atoms with Crippen molar-refractivity contribution >= 4 is 0 Å². The molecule has 0 radical (unpaired) electrons. The van der Waals surface area contributed by atoms with Crippen molar-refractivity contribution in [3.05, 3.63) is 28.9 Å². The zero-order valence-electron chi connectivity index (χ0n) is 7.56. The van der Waals surface area contributed by atoms with Gasteiger partial charge in [0.05, 0.1) is 19.4 Å². The van der Waals surface area contributed by atoms with Gasteiger partial charge in [-0.15, -0.1) is 0 Å². The second kappa shape index (κ2) is 2.96. The fourth-order valence-electron chi connectivity index (χ4n) is 1.46. The van der Waals surface area contributed by atoms with Crippen LogP contribution in [0.3, 0.4) is 0 Å². The Balaban J connectivity index is 2.18. The summed E-state index contributed by atoms with van der Waals surface area (Å²) in [5, 5.41) is 0. The van der Waals surface area contributed by atoms with Crippen molar-refractivity contribution in [1.29, 1.82) is 0 Å². The highest BCUT2D eigenvalue weighted by atomic mass is 16.5. The van der Waals surface area contributed by atoms with Gasteiger partial charge in [-0.25, -0.2) is 0 Å². The fraction of sp³-hybridized carbons (Fsp3) is 0.556. The summed E-state index contributed by atoms with van der Waals surface area (Å²) >= 11 is 0. The number of rotatable bonds is 2. The van der Waals surface area contributed by atoms with Gasteiger partial charge in [-0.2, -0.15) is 0 Å². The summed E-state index contributed by atoms with van der Waals surface area (Å²) in [5.74, 6) is 0. The molecule has 2 heterocycles. The standard InChI is InChI=1S/C9H12N2O2/c1-9(6-13-7-9)5-11-3-2-10-4-8(11)12/h2-4H,5-7H2,1H3. The minimum Gasteiger partial charge on any atom is -0.380 e. The zero-order valence-corrected chi connectivity index (χ0v) is 7.56. The van der Waals surface area contributed by atoms with Gasteiger partial charge in [-0.3, -0.25) is 9.78 Å². The Morgan fingerprint density at radius 2 is 2.46 bits per heavy atom. The van der Waals surface area contributed by atoms with Crippen molar-refractivity contribution in [3.63, 3.8) is 0 Å². The van der Waals surface area contributed by atoms with Gasteiger partial charge in [0.25, 0.3) is 5.56 Å². The van der Waals surface area contributed by atoms with E-state index in [1.807, 2.05) is 0 Å². The van der Waals surface area contributed by atoms with Gasteiger partial charge in [0.1, 0.15) is 0 Å². The lowest BCUT2D eigenvalue weighted by molar-refractivity contribution is -0.110. The van der Waals surface area contributed by atoms with Crippen molar-refractivity contribution in [2.75, 3.05) is 13.2 Å². The first-order valence-electron chi connectivity index (χ1n) is 4.28. The Kier molecular flexibility index (Phi) is 1.92. The molecule has 0 saturated carbocycles. The molecule has 2 rings (SSSR count). The van der Waals surface area contributed by atoms with E-state index in [0.717, 1.165) is 13.2 Å². The summed E-state index contributed by atoms with van der Waals surface area (Å²) in [5.41, 5.74) is 0.0844. The van der Waals surface area contributed by atoms with E-state index in [4.69, 9.17) is 4.74 Å². The number of aromatic nitrogens is 2. The van der Waals surface area contributed by atoms with Crippen molar-refractivity contribution in [2.24, 2.45) is 5.41 Å². The molecule has 1 fully saturated rings. The van der Waals surface area contributed by atoms with E-state index < -0.39 is 0 Å². The minimum atomic E-state index is -0.0457. The van der Waals surface area contributed by atoms with Crippen molar-refractivity contribution in [1.82, 2.24) is 9.55 Å². The summed E-state index contributed by atoms with van der Waals surface area (Å²) in [7, 11) is 0. The van der Waals surface area contributed by atoms with Crippen LogP contribution in [-0.4, -0.2) is 22.8 Å². The molecule has 0 atom stereocenters. The van der Waals surface area contributed by atoms with E-state index in [0.29, 0.717) is 6.54 Å². The molecule has 4 heteroatoms. The Hall–Kier alpha value is -1.16. The molecular formula is C9H12N2O2. The molecule has 0 amide bonds. The third-order valence-corrected chi connectivity index (χ3v) is 2.25. The SMILES string of the molecule is CC1(Cn2ccncc2=O)COC1. The van der Waals surface area contributed by atoms with Crippen LogP contribution in [0.15, 0.2) is 23.4 Å². The second-order valence-electron chi connectivity index (χ2n) is 3.85. The first-order chi connectivity index (χ1) is 6.20. The molecule has 1 aliphatic heterocycles. The molecule has 1 aromatic rings. The number of hydrogen-bond acceptors (Lipinski definition) is 3. The zero-order chi connectivity index (χ0) is 9.31. The molecule has 0 N–H and O–H groups in total. The normalized spacial score (nSPS) is 19.5. The molecule has 0 aromatic carbocycles. The maximum Gasteiger partial charge on any atom is 0.269 e. The van der Waals surface area contributed by atoms with E-state index in [-0.39, 0.29) is 11.0 Å². The fourth-order valence-corrected chi connectivity index (χ4v) is 1.46. The molecular weight excluding hydrogens is 168 g/mol. The molecule has 70 valence electrons. The number of nitrogens with zero attached hydrogens (tertiary/aromatic N) is 2. The van der Waals surface area contributed by atoms with Crippen molar-refractivity contribution in [3.8, 4) is 0 Å². The minimum absolute atomic E-state index is 0.0457. The van der Waals surface area contributed by atoms with Crippen LogP contribution < -0.4 is 5.56 Å². The van der Waals surface area contributed by atoms with Crippen LogP contribution in [0.4, 0.5) is 0 Å². The first kappa shape index (κ1) is 8.44. The molecule has 0 aliphatic carbocycles. The van der Waals surface area contributed by atoms with Crippen LogP contribution in [0.25, 0.3) is 0 Å². The second-order valence-corrected chi connectivity index (χ2v) is 3.85. The van der Waals surface area contributed by atoms with Crippen LogP contribution in [0.5, 0.6) is 0 Å². The Morgan fingerprint density at radius 3 is 3.00 bits per heavy atom. The average Bonchev–Trinajstić information content (AvgIpc) is 2.06. The van der Waals surface area contributed by atoms with E-state index in [1.165, 1.54) is 6.20 Å². The van der Waals surface area contributed by atoms with Gasteiger partial charge in [0, 0.05) is 24.4 Å². The highest BCUT2D eigenvalue weighted by molar-refractivity contribution is 4.87. The monoisotopic (exact) mass is 180 g/mol. The lowest BCUT2D eigenvalue weighted by Gasteiger charge is -2.38. The highest BCUT2D eigenvalue weighted by Crippen LogP contribution is 2.27. The van der Waals surface area contributed by atoms with Crippen LogP contribution in [0.1, 0.15) is 6.92 Å². The average molecular weight is 180 g/mol. The Morgan fingerprint density at radius 1 is 1.69 bits per heavy atom. The quantitative estimate of drug-likeness (QED) is 0.656. The topological polar surface area (TPSA) is 44.1 Å². The smallest absolute Gasteiger partial charge is 0.269 e. The maximum atomic E-state index is 11.3. The van der Waals surface area contributed by atoms with Gasteiger partial charge in [-0.1, -0.05) is 6.92 Å². The Bertz CT molecular complexity index is 355. The third-order valence-electron chi connectivity index (χ3n) is 2.25. The summed E-state index contributed by atoms with van der Waals surface area (Å²) in [6, 6.07) is 0. The molecule has 0 spiro atoms. The van der Waals surface area contributed by atoms with Gasteiger partial charge in [0.2, 0.25) is 0 Å². The third kappa shape index (κ3) is 1.62. The molecule has 1 saturated heterocycles. The number of ether oxygens (including phenoxy) is 1. The molecule has 1 aromatic heterocycles. The molecule has 0 unspecified atom stereocenters. The van der Waals surface area contributed by atoms with E-state index in [2.05, 4.69) is 11.9 Å². The summed E-state index contributed by atoms with van der Waals surface area (Å²) in [6.45, 7) is 4.31. The summed E-state index contributed by atoms with van der Waals surface area (Å²) in [4.78, 5) is 15.1. The summed E-state index contributed by atoms with van der Waals surface area (Å²) < 4.78 is 6.80. The number of hydrogen-bond donors (Lipinski definition) is 0.